The first-order valence-corrected chi connectivity index (χ1v) is 6.53. The van der Waals surface area contributed by atoms with Gasteiger partial charge in [-0.3, -0.25) is 9.59 Å². The molecule has 21 heavy (non-hydrogen) atoms. The SMILES string of the molecule is CN(C)C(=O)c1ccccc1NC(=O)C1CNCCO1.Cl. The molecule has 0 saturated carbocycles. The van der Waals surface area contributed by atoms with Crippen molar-refractivity contribution in [3.05, 3.63) is 29.8 Å². The van der Waals surface area contributed by atoms with Crippen molar-refractivity contribution >= 4 is 29.9 Å². The number of hydrogen-bond acceptors (Lipinski definition) is 4. The van der Waals surface area contributed by atoms with Gasteiger partial charge in [-0.2, -0.15) is 0 Å². The Hall–Kier alpha value is -1.63. The van der Waals surface area contributed by atoms with Crippen LogP contribution in [0.2, 0.25) is 0 Å². The number of hydrogen-bond donors (Lipinski definition) is 2. The van der Waals surface area contributed by atoms with E-state index in [1.165, 1.54) is 4.90 Å². The zero-order chi connectivity index (χ0) is 14.5. The number of benzene rings is 1. The Morgan fingerprint density at radius 2 is 2.05 bits per heavy atom. The van der Waals surface area contributed by atoms with Crippen LogP contribution < -0.4 is 10.6 Å². The maximum absolute atomic E-state index is 12.1. The molecule has 1 unspecified atom stereocenters. The van der Waals surface area contributed by atoms with Crippen LogP contribution in [0.1, 0.15) is 10.4 Å². The average Bonchev–Trinajstić information content (AvgIpc) is 2.48. The normalized spacial score (nSPS) is 17.5. The van der Waals surface area contributed by atoms with Crippen LogP contribution in [0, 0.1) is 0 Å². The first-order chi connectivity index (χ1) is 9.59. The van der Waals surface area contributed by atoms with E-state index in [0.29, 0.717) is 24.4 Å². The van der Waals surface area contributed by atoms with E-state index in [9.17, 15) is 9.59 Å². The number of rotatable bonds is 3. The molecule has 1 aliphatic heterocycles. The van der Waals surface area contributed by atoms with Gasteiger partial charge in [0.2, 0.25) is 0 Å². The number of ether oxygens (including phenoxy) is 1. The molecule has 0 radical (unpaired) electrons. The number of carbonyl (C=O) groups is 2. The van der Waals surface area contributed by atoms with E-state index in [4.69, 9.17) is 4.74 Å². The maximum atomic E-state index is 12.1. The molecule has 1 heterocycles. The van der Waals surface area contributed by atoms with Crippen LogP contribution >= 0.6 is 12.4 Å². The molecule has 0 spiro atoms. The molecule has 1 aromatic carbocycles. The summed E-state index contributed by atoms with van der Waals surface area (Å²) < 4.78 is 5.39. The lowest BCUT2D eigenvalue weighted by molar-refractivity contribution is -0.128. The lowest BCUT2D eigenvalue weighted by Gasteiger charge is -2.23. The Kier molecular flexibility index (Phi) is 6.61. The van der Waals surface area contributed by atoms with Crippen molar-refractivity contribution in [1.82, 2.24) is 10.2 Å². The van der Waals surface area contributed by atoms with Crippen molar-refractivity contribution in [2.75, 3.05) is 39.1 Å². The summed E-state index contributed by atoms with van der Waals surface area (Å²) in [6.45, 7) is 1.74. The zero-order valence-corrected chi connectivity index (χ0v) is 12.9. The van der Waals surface area contributed by atoms with Gasteiger partial charge < -0.3 is 20.3 Å². The van der Waals surface area contributed by atoms with Gasteiger partial charge in [-0.1, -0.05) is 12.1 Å². The molecule has 6 nitrogen and oxygen atoms in total. The van der Waals surface area contributed by atoms with E-state index < -0.39 is 6.10 Å². The summed E-state index contributed by atoms with van der Waals surface area (Å²) in [4.78, 5) is 25.6. The molecule has 0 aliphatic carbocycles. The average molecular weight is 314 g/mol. The third kappa shape index (κ3) is 4.42. The fourth-order valence-corrected chi connectivity index (χ4v) is 1.97. The van der Waals surface area contributed by atoms with E-state index in [0.717, 1.165) is 6.54 Å². The molecule has 2 amide bonds. The summed E-state index contributed by atoms with van der Waals surface area (Å²) >= 11 is 0. The van der Waals surface area contributed by atoms with Crippen molar-refractivity contribution < 1.29 is 14.3 Å². The number of halogens is 1. The monoisotopic (exact) mass is 313 g/mol. The van der Waals surface area contributed by atoms with E-state index in [1.807, 2.05) is 0 Å². The summed E-state index contributed by atoms with van der Waals surface area (Å²) in [6, 6.07) is 6.95. The van der Waals surface area contributed by atoms with Gasteiger partial charge in [0.25, 0.3) is 11.8 Å². The maximum Gasteiger partial charge on any atom is 0.255 e. The second kappa shape index (κ2) is 7.97. The fraction of sp³-hybridized carbons (Fsp3) is 0.429. The van der Waals surface area contributed by atoms with Gasteiger partial charge in [0.15, 0.2) is 0 Å². The highest BCUT2D eigenvalue weighted by molar-refractivity contribution is 6.04. The second-order valence-electron chi connectivity index (χ2n) is 4.80. The topological polar surface area (TPSA) is 70.7 Å². The highest BCUT2D eigenvalue weighted by Gasteiger charge is 2.23. The summed E-state index contributed by atoms with van der Waals surface area (Å²) in [6.07, 6.45) is -0.522. The van der Waals surface area contributed by atoms with Crippen molar-refractivity contribution in [3.8, 4) is 0 Å². The largest absolute Gasteiger partial charge is 0.366 e. The number of para-hydroxylation sites is 1. The Morgan fingerprint density at radius 1 is 1.33 bits per heavy atom. The Morgan fingerprint density at radius 3 is 2.67 bits per heavy atom. The number of anilines is 1. The molecule has 7 heteroatoms. The Labute approximate surface area is 130 Å². The first-order valence-electron chi connectivity index (χ1n) is 6.53. The van der Waals surface area contributed by atoms with Crippen molar-refractivity contribution in [1.29, 1.82) is 0 Å². The molecule has 1 aromatic rings. The van der Waals surface area contributed by atoms with Crippen LogP contribution in [-0.2, 0) is 9.53 Å². The second-order valence-corrected chi connectivity index (χ2v) is 4.80. The molecule has 1 atom stereocenters. The summed E-state index contributed by atoms with van der Waals surface area (Å²) in [5.74, 6) is -0.389. The minimum Gasteiger partial charge on any atom is -0.366 e. The predicted molar refractivity (Wildman–Crippen MR) is 82.9 cm³/mol. The molecule has 1 fully saturated rings. The first kappa shape index (κ1) is 17.4. The lowest BCUT2D eigenvalue weighted by Crippen LogP contribution is -2.45. The molecule has 2 rings (SSSR count). The van der Waals surface area contributed by atoms with Crippen molar-refractivity contribution in [3.63, 3.8) is 0 Å². The van der Waals surface area contributed by atoms with Gasteiger partial charge in [-0.15, -0.1) is 12.4 Å². The smallest absolute Gasteiger partial charge is 0.255 e. The summed E-state index contributed by atoms with van der Waals surface area (Å²) in [5.41, 5.74) is 0.972. The van der Waals surface area contributed by atoms with Gasteiger partial charge in [0.05, 0.1) is 17.9 Å². The summed E-state index contributed by atoms with van der Waals surface area (Å²) in [7, 11) is 3.35. The quantitative estimate of drug-likeness (QED) is 0.863. The van der Waals surface area contributed by atoms with Gasteiger partial charge in [0.1, 0.15) is 6.10 Å². The van der Waals surface area contributed by atoms with Crippen LogP contribution in [0.3, 0.4) is 0 Å². The molecular weight excluding hydrogens is 294 g/mol. The highest BCUT2D eigenvalue weighted by Crippen LogP contribution is 2.17. The van der Waals surface area contributed by atoms with E-state index in [2.05, 4.69) is 10.6 Å². The van der Waals surface area contributed by atoms with E-state index >= 15 is 0 Å². The molecule has 0 bridgehead atoms. The van der Waals surface area contributed by atoms with E-state index in [1.54, 1.807) is 38.4 Å². The molecule has 0 aromatic heterocycles. The third-order valence-corrected chi connectivity index (χ3v) is 3.04. The van der Waals surface area contributed by atoms with Gasteiger partial charge >= 0.3 is 0 Å². The number of amides is 2. The Bertz CT molecular complexity index is 502. The minimum absolute atomic E-state index is 0. The number of carbonyl (C=O) groups excluding carboxylic acids is 2. The fourth-order valence-electron chi connectivity index (χ4n) is 1.97. The van der Waals surface area contributed by atoms with Gasteiger partial charge in [-0.25, -0.2) is 0 Å². The number of morpholine rings is 1. The molecule has 1 aliphatic rings. The standard InChI is InChI=1S/C14H19N3O3.ClH/c1-17(2)14(19)10-5-3-4-6-11(10)16-13(18)12-9-15-7-8-20-12;/h3-6,12,15H,7-9H2,1-2H3,(H,16,18);1H. The highest BCUT2D eigenvalue weighted by atomic mass is 35.5. The van der Waals surface area contributed by atoms with Gasteiger partial charge in [0, 0.05) is 27.2 Å². The van der Waals surface area contributed by atoms with Gasteiger partial charge in [-0.05, 0) is 12.1 Å². The van der Waals surface area contributed by atoms with Crippen molar-refractivity contribution in [2.24, 2.45) is 0 Å². The zero-order valence-electron chi connectivity index (χ0n) is 12.1. The molecule has 116 valence electrons. The minimum atomic E-state index is -0.522. The predicted octanol–water partition coefficient (Wildman–Crippen LogP) is 0.737. The van der Waals surface area contributed by atoms with Crippen molar-refractivity contribution in [2.45, 2.75) is 6.10 Å². The molecule has 1 saturated heterocycles. The van der Waals surface area contributed by atoms with Crippen LogP contribution in [0.5, 0.6) is 0 Å². The Balaban J connectivity index is 0.00000220. The van der Waals surface area contributed by atoms with Crippen LogP contribution in [0.25, 0.3) is 0 Å². The molecular formula is C14H20ClN3O3. The third-order valence-electron chi connectivity index (χ3n) is 3.04. The summed E-state index contributed by atoms with van der Waals surface area (Å²) in [5, 5.41) is 5.86. The van der Waals surface area contributed by atoms with Crippen LogP contribution in [0.4, 0.5) is 5.69 Å². The number of nitrogens with zero attached hydrogens (tertiary/aromatic N) is 1. The van der Waals surface area contributed by atoms with Crippen LogP contribution in [-0.4, -0.2) is 56.6 Å². The molecule has 2 N–H and O–H groups in total. The van der Waals surface area contributed by atoms with E-state index in [-0.39, 0.29) is 24.2 Å². The lowest BCUT2D eigenvalue weighted by atomic mass is 10.1. The van der Waals surface area contributed by atoms with Crippen LogP contribution in [0.15, 0.2) is 24.3 Å². The number of nitrogens with one attached hydrogen (secondary N) is 2.